The molecule has 2 aromatic heterocycles. The highest BCUT2D eigenvalue weighted by atomic mass is 32.2. The van der Waals surface area contributed by atoms with Crippen LogP contribution in [0.5, 0.6) is 0 Å². The lowest BCUT2D eigenvalue weighted by molar-refractivity contribution is 0.0635. The van der Waals surface area contributed by atoms with E-state index in [1.807, 2.05) is 0 Å². The summed E-state index contributed by atoms with van der Waals surface area (Å²) < 4.78 is 31.9. The fourth-order valence-corrected chi connectivity index (χ4v) is 3.48. The fourth-order valence-electron chi connectivity index (χ4n) is 2.37. The second kappa shape index (κ2) is 6.85. The van der Waals surface area contributed by atoms with Gasteiger partial charge in [-0.05, 0) is 46.2 Å². The summed E-state index contributed by atoms with van der Waals surface area (Å²) in [4.78, 5) is 16.4. The zero-order valence-corrected chi connectivity index (χ0v) is 17.1. The Bertz CT molecular complexity index is 1020. The number of ether oxygens (including phenoxy) is 1. The second-order valence-corrected chi connectivity index (χ2v) is 9.87. The number of amides is 1. The van der Waals surface area contributed by atoms with E-state index in [1.165, 1.54) is 11.3 Å². The standard InChI is InChI=1S/C18H24N4O4S/c1-7-27(24,25)15-14(21-16(23)26-17(2,3)4)20-13-9-8-12(10-22(13)15)18(5,6)11-19/h8-10H,7H2,1-6H3,(H,21,23). The number of hydrogen-bond acceptors (Lipinski definition) is 6. The summed E-state index contributed by atoms with van der Waals surface area (Å²) in [5.41, 5.74) is -0.585. The Morgan fingerprint density at radius 3 is 2.44 bits per heavy atom. The van der Waals surface area contributed by atoms with Crippen molar-refractivity contribution in [1.82, 2.24) is 9.38 Å². The SMILES string of the molecule is CCS(=O)(=O)c1c(NC(=O)OC(C)(C)C)nc2ccc(C(C)(C)C#N)cn12. The summed E-state index contributed by atoms with van der Waals surface area (Å²) in [6, 6.07) is 5.51. The van der Waals surface area contributed by atoms with E-state index in [0.717, 1.165) is 0 Å². The highest BCUT2D eigenvalue weighted by molar-refractivity contribution is 7.91. The van der Waals surface area contributed by atoms with E-state index in [1.54, 1.807) is 52.9 Å². The predicted octanol–water partition coefficient (Wildman–Crippen LogP) is 3.28. The third kappa shape index (κ3) is 4.39. The molecule has 0 aromatic carbocycles. The van der Waals surface area contributed by atoms with E-state index < -0.39 is 26.9 Å². The number of nitrogens with one attached hydrogen (secondary N) is 1. The molecule has 0 saturated heterocycles. The van der Waals surface area contributed by atoms with Gasteiger partial charge in [0.15, 0.2) is 20.7 Å². The van der Waals surface area contributed by atoms with Crippen molar-refractivity contribution in [2.24, 2.45) is 0 Å². The monoisotopic (exact) mass is 392 g/mol. The number of aromatic nitrogens is 2. The normalized spacial score (nSPS) is 12.6. The number of nitrogens with zero attached hydrogens (tertiary/aromatic N) is 3. The van der Waals surface area contributed by atoms with Gasteiger partial charge in [0.05, 0.1) is 17.2 Å². The van der Waals surface area contributed by atoms with E-state index in [9.17, 15) is 18.5 Å². The largest absolute Gasteiger partial charge is 0.444 e. The molecule has 0 spiro atoms. The van der Waals surface area contributed by atoms with Gasteiger partial charge in [0.2, 0.25) is 0 Å². The number of nitriles is 1. The van der Waals surface area contributed by atoms with Gasteiger partial charge in [0, 0.05) is 6.20 Å². The van der Waals surface area contributed by atoms with Crippen molar-refractivity contribution in [2.45, 2.75) is 57.6 Å². The molecule has 0 unspecified atom stereocenters. The first-order valence-corrected chi connectivity index (χ1v) is 10.1. The Balaban J connectivity index is 2.66. The fraction of sp³-hybridized carbons (Fsp3) is 0.500. The summed E-state index contributed by atoms with van der Waals surface area (Å²) >= 11 is 0. The molecule has 0 atom stereocenters. The van der Waals surface area contributed by atoms with Crippen molar-refractivity contribution in [2.75, 3.05) is 11.1 Å². The molecular formula is C18H24N4O4S. The zero-order chi connectivity index (χ0) is 20.6. The van der Waals surface area contributed by atoms with Crippen molar-refractivity contribution in [1.29, 1.82) is 5.26 Å². The van der Waals surface area contributed by atoms with Crippen LogP contribution in [0.25, 0.3) is 5.65 Å². The highest BCUT2D eigenvalue weighted by Gasteiger charge is 2.28. The summed E-state index contributed by atoms with van der Waals surface area (Å²) in [5.74, 6) is -0.270. The van der Waals surface area contributed by atoms with Gasteiger partial charge in [0.1, 0.15) is 11.2 Å². The maximum absolute atomic E-state index is 12.7. The number of anilines is 1. The van der Waals surface area contributed by atoms with Gasteiger partial charge >= 0.3 is 6.09 Å². The predicted molar refractivity (Wildman–Crippen MR) is 101 cm³/mol. The summed E-state index contributed by atoms with van der Waals surface area (Å²) in [7, 11) is -3.72. The van der Waals surface area contributed by atoms with Gasteiger partial charge < -0.3 is 4.74 Å². The Morgan fingerprint density at radius 1 is 1.30 bits per heavy atom. The molecule has 146 valence electrons. The van der Waals surface area contributed by atoms with Gasteiger partial charge in [-0.1, -0.05) is 13.0 Å². The maximum Gasteiger partial charge on any atom is 0.413 e. The topological polar surface area (TPSA) is 114 Å². The van der Waals surface area contributed by atoms with Crippen LogP contribution in [0.4, 0.5) is 10.6 Å². The van der Waals surface area contributed by atoms with Crippen LogP contribution < -0.4 is 5.32 Å². The number of fused-ring (bicyclic) bond motifs is 1. The summed E-state index contributed by atoms with van der Waals surface area (Å²) in [6.45, 7) is 10.1. The molecule has 0 aliphatic carbocycles. The van der Waals surface area contributed by atoms with E-state index >= 15 is 0 Å². The number of carbonyl (C=O) groups is 1. The Labute approximate surface area is 159 Å². The molecule has 1 N–H and O–H groups in total. The quantitative estimate of drug-likeness (QED) is 0.854. The van der Waals surface area contributed by atoms with Crippen LogP contribution in [0, 0.1) is 11.3 Å². The van der Waals surface area contributed by atoms with Crippen molar-refractivity contribution < 1.29 is 17.9 Å². The number of carbonyl (C=O) groups excluding carboxylic acids is 1. The molecule has 2 rings (SSSR count). The molecule has 9 heteroatoms. The van der Waals surface area contributed by atoms with Crippen LogP contribution in [0.15, 0.2) is 23.4 Å². The van der Waals surface area contributed by atoms with Gasteiger partial charge in [-0.2, -0.15) is 5.26 Å². The summed E-state index contributed by atoms with van der Waals surface area (Å²) in [6.07, 6.45) is 0.769. The van der Waals surface area contributed by atoms with Gasteiger partial charge in [-0.3, -0.25) is 9.72 Å². The van der Waals surface area contributed by atoms with Crippen molar-refractivity contribution in [3.8, 4) is 6.07 Å². The van der Waals surface area contributed by atoms with Gasteiger partial charge in [-0.25, -0.2) is 18.2 Å². The Kier molecular flexibility index (Phi) is 5.25. The van der Waals surface area contributed by atoms with E-state index in [0.29, 0.717) is 11.2 Å². The van der Waals surface area contributed by atoms with E-state index in [2.05, 4.69) is 16.4 Å². The lowest BCUT2D eigenvalue weighted by Crippen LogP contribution is -2.28. The number of imidazole rings is 1. The third-order valence-electron chi connectivity index (χ3n) is 3.87. The third-order valence-corrected chi connectivity index (χ3v) is 5.61. The molecule has 0 aliphatic heterocycles. The van der Waals surface area contributed by atoms with E-state index in [4.69, 9.17) is 4.74 Å². The molecule has 8 nitrogen and oxygen atoms in total. The van der Waals surface area contributed by atoms with Crippen LogP contribution in [0.3, 0.4) is 0 Å². The Morgan fingerprint density at radius 2 is 1.93 bits per heavy atom. The molecule has 0 aliphatic rings. The van der Waals surface area contributed by atoms with Crippen LogP contribution >= 0.6 is 0 Å². The van der Waals surface area contributed by atoms with Crippen molar-refractivity contribution >= 4 is 27.4 Å². The number of sulfone groups is 1. The zero-order valence-electron chi connectivity index (χ0n) is 16.3. The van der Waals surface area contributed by atoms with Gasteiger partial charge in [-0.15, -0.1) is 0 Å². The number of hydrogen-bond donors (Lipinski definition) is 1. The van der Waals surface area contributed by atoms with Gasteiger partial charge in [0.25, 0.3) is 0 Å². The van der Waals surface area contributed by atoms with Crippen LogP contribution in [-0.2, 0) is 20.0 Å². The molecule has 0 saturated carbocycles. The maximum atomic E-state index is 12.7. The lowest BCUT2D eigenvalue weighted by Gasteiger charge is -2.19. The molecule has 0 fully saturated rings. The van der Waals surface area contributed by atoms with E-state index in [-0.39, 0.29) is 16.6 Å². The number of rotatable bonds is 4. The molecule has 2 aromatic rings. The first-order valence-electron chi connectivity index (χ1n) is 8.47. The van der Waals surface area contributed by atoms with Crippen LogP contribution in [0.1, 0.15) is 47.1 Å². The minimum Gasteiger partial charge on any atom is -0.444 e. The molecule has 0 bridgehead atoms. The summed E-state index contributed by atoms with van der Waals surface area (Å²) in [5, 5.41) is 11.7. The molecule has 27 heavy (non-hydrogen) atoms. The Hall–Kier alpha value is -2.60. The molecule has 2 heterocycles. The first kappa shape index (κ1) is 20.7. The van der Waals surface area contributed by atoms with Crippen LogP contribution in [-0.4, -0.2) is 35.2 Å². The molecule has 0 radical (unpaired) electrons. The lowest BCUT2D eigenvalue weighted by atomic mass is 9.88. The van der Waals surface area contributed by atoms with Crippen LogP contribution in [0.2, 0.25) is 0 Å². The number of pyridine rings is 1. The average Bonchev–Trinajstić information content (AvgIpc) is 2.90. The minimum atomic E-state index is -3.72. The second-order valence-electron chi connectivity index (χ2n) is 7.68. The highest BCUT2D eigenvalue weighted by Crippen LogP contribution is 2.28. The molecular weight excluding hydrogens is 368 g/mol. The first-order chi connectivity index (χ1) is 12.3. The van der Waals surface area contributed by atoms with Crippen molar-refractivity contribution in [3.63, 3.8) is 0 Å². The average molecular weight is 392 g/mol. The minimum absolute atomic E-state index is 0.0991. The molecule has 1 amide bonds. The van der Waals surface area contributed by atoms with Crippen molar-refractivity contribution in [3.05, 3.63) is 23.9 Å². The smallest absolute Gasteiger partial charge is 0.413 e.